The first-order valence-electron chi connectivity index (χ1n) is 11.3. The van der Waals surface area contributed by atoms with E-state index in [1.165, 1.54) is 12.1 Å². The number of hydrogen-bond acceptors (Lipinski definition) is 6. The molecule has 2 aromatic heterocycles. The van der Waals surface area contributed by atoms with Crippen molar-refractivity contribution in [2.75, 3.05) is 11.5 Å². The van der Waals surface area contributed by atoms with Crippen LogP contribution in [0.2, 0.25) is 0 Å². The van der Waals surface area contributed by atoms with E-state index in [2.05, 4.69) is 14.7 Å². The van der Waals surface area contributed by atoms with E-state index in [1.807, 2.05) is 20.8 Å². The average molecular weight is 520 g/mol. The van der Waals surface area contributed by atoms with E-state index >= 15 is 0 Å². The molecule has 1 aliphatic heterocycles. The summed E-state index contributed by atoms with van der Waals surface area (Å²) in [5.41, 5.74) is 2.15. The summed E-state index contributed by atoms with van der Waals surface area (Å²) >= 11 is 0. The van der Waals surface area contributed by atoms with Crippen molar-refractivity contribution < 1.29 is 26.7 Å². The number of fused-ring (bicyclic) bond motifs is 1. The Morgan fingerprint density at radius 1 is 1.14 bits per heavy atom. The second-order valence-corrected chi connectivity index (χ2v) is 14.1. The van der Waals surface area contributed by atoms with Gasteiger partial charge in [-0.25, -0.2) is 26.5 Å². The molecule has 9 nitrogen and oxygen atoms in total. The largest absolute Gasteiger partial charge is 0.481 e. The molecule has 1 aliphatic rings. The molecule has 11 heteroatoms. The van der Waals surface area contributed by atoms with Crippen LogP contribution in [0.5, 0.6) is 0 Å². The zero-order valence-corrected chi connectivity index (χ0v) is 21.4. The predicted octanol–water partition coefficient (Wildman–Crippen LogP) is 3.30. The van der Waals surface area contributed by atoms with Crippen molar-refractivity contribution in [3.05, 3.63) is 48.3 Å². The Labute approximate surface area is 204 Å². The molecule has 0 aliphatic carbocycles. The standard InChI is InChI=1S/C24H29N3O6S2/c1-24(2,3)21(23(28)29)20-14-19-18(8-11-25-22(19)26-20)15-4-6-17(7-5-15)35(32,33)27-16-9-12-34(30,31)13-10-16/h4-8,11,14,16,21,27H,9-10,12-13H2,1-3H3,(H,25,26)(H,28,29). The molecule has 0 radical (unpaired) electrons. The third kappa shape index (κ3) is 5.41. The van der Waals surface area contributed by atoms with Gasteiger partial charge < -0.3 is 10.1 Å². The third-order valence-electron chi connectivity index (χ3n) is 6.33. The van der Waals surface area contributed by atoms with Crippen LogP contribution in [0.25, 0.3) is 22.2 Å². The zero-order valence-electron chi connectivity index (χ0n) is 19.8. The fourth-order valence-electron chi connectivity index (χ4n) is 4.53. The molecular weight excluding hydrogens is 490 g/mol. The summed E-state index contributed by atoms with van der Waals surface area (Å²) in [6.45, 7) is 5.60. The Hall–Kier alpha value is -2.76. The molecule has 1 unspecified atom stereocenters. The third-order valence-corrected chi connectivity index (χ3v) is 9.58. The van der Waals surface area contributed by atoms with E-state index in [0.29, 0.717) is 11.3 Å². The highest BCUT2D eigenvalue weighted by Gasteiger charge is 2.34. The summed E-state index contributed by atoms with van der Waals surface area (Å²) < 4.78 is 51.5. The molecule has 3 N–H and O–H groups in total. The number of nitrogens with one attached hydrogen (secondary N) is 2. The number of sulfone groups is 1. The normalized spacial score (nSPS) is 17.9. The second-order valence-electron chi connectivity index (χ2n) is 10.1. The van der Waals surface area contributed by atoms with Crippen molar-refractivity contribution in [2.45, 2.75) is 50.5 Å². The highest BCUT2D eigenvalue weighted by molar-refractivity contribution is 7.91. The van der Waals surface area contributed by atoms with Crippen LogP contribution in [0.1, 0.15) is 45.2 Å². The topological polar surface area (TPSA) is 146 Å². The maximum Gasteiger partial charge on any atom is 0.313 e. The number of hydrogen-bond donors (Lipinski definition) is 3. The monoisotopic (exact) mass is 519 g/mol. The number of carboxylic acid groups (broad SMARTS) is 1. The molecular formula is C24H29N3O6S2. The van der Waals surface area contributed by atoms with Crippen LogP contribution in [-0.4, -0.2) is 55.4 Å². The number of aromatic nitrogens is 2. The number of H-pyrrole nitrogens is 1. The molecule has 1 fully saturated rings. The highest BCUT2D eigenvalue weighted by atomic mass is 32.2. The first kappa shape index (κ1) is 25.3. The molecule has 3 heterocycles. The number of aromatic amines is 1. The number of benzene rings is 1. The molecule has 3 aromatic rings. The van der Waals surface area contributed by atoms with Crippen LogP contribution in [0, 0.1) is 5.41 Å². The zero-order chi connectivity index (χ0) is 25.6. The number of carboxylic acids is 1. The molecule has 35 heavy (non-hydrogen) atoms. The van der Waals surface area contributed by atoms with Crippen molar-refractivity contribution in [2.24, 2.45) is 5.41 Å². The van der Waals surface area contributed by atoms with Crippen molar-refractivity contribution >= 4 is 36.9 Å². The minimum absolute atomic E-state index is 0.0201. The summed E-state index contributed by atoms with van der Waals surface area (Å²) in [5.74, 6) is -1.72. The van der Waals surface area contributed by atoms with Crippen molar-refractivity contribution in [3.63, 3.8) is 0 Å². The van der Waals surface area contributed by atoms with E-state index in [0.717, 1.165) is 16.5 Å². The maximum absolute atomic E-state index is 12.8. The minimum atomic E-state index is -3.80. The fraction of sp³-hybridized carbons (Fsp3) is 0.417. The molecule has 188 valence electrons. The van der Waals surface area contributed by atoms with Gasteiger partial charge >= 0.3 is 5.97 Å². The predicted molar refractivity (Wildman–Crippen MR) is 133 cm³/mol. The number of carbonyl (C=O) groups is 1. The van der Waals surface area contributed by atoms with E-state index < -0.39 is 43.2 Å². The molecule has 0 bridgehead atoms. The van der Waals surface area contributed by atoms with Crippen molar-refractivity contribution in [1.29, 1.82) is 0 Å². The Bertz CT molecular complexity index is 1460. The Morgan fingerprint density at radius 2 is 1.77 bits per heavy atom. The van der Waals surface area contributed by atoms with Crippen LogP contribution in [0.15, 0.2) is 47.5 Å². The van der Waals surface area contributed by atoms with Gasteiger partial charge in [-0.1, -0.05) is 32.9 Å². The summed E-state index contributed by atoms with van der Waals surface area (Å²) in [4.78, 5) is 19.5. The van der Waals surface area contributed by atoms with Crippen LogP contribution in [0.4, 0.5) is 0 Å². The quantitative estimate of drug-likeness (QED) is 0.453. The van der Waals surface area contributed by atoms with Gasteiger partial charge in [-0.15, -0.1) is 0 Å². The van der Waals surface area contributed by atoms with E-state index in [-0.39, 0.29) is 29.2 Å². The van der Waals surface area contributed by atoms with Gasteiger partial charge in [-0.3, -0.25) is 4.79 Å². The molecule has 0 amide bonds. The Kier molecular flexibility index (Phi) is 6.54. The van der Waals surface area contributed by atoms with Gasteiger partial charge in [0.05, 0.1) is 16.4 Å². The smallest absolute Gasteiger partial charge is 0.313 e. The van der Waals surface area contributed by atoms with Crippen LogP contribution in [0.3, 0.4) is 0 Å². The Morgan fingerprint density at radius 3 is 2.34 bits per heavy atom. The van der Waals surface area contributed by atoms with E-state index in [1.54, 1.807) is 30.5 Å². The summed E-state index contributed by atoms with van der Waals surface area (Å²) in [6, 6.07) is 9.59. The van der Waals surface area contributed by atoms with Crippen LogP contribution < -0.4 is 4.72 Å². The van der Waals surface area contributed by atoms with Crippen LogP contribution >= 0.6 is 0 Å². The number of pyridine rings is 1. The summed E-state index contributed by atoms with van der Waals surface area (Å²) in [5, 5.41) is 10.5. The van der Waals surface area contributed by atoms with E-state index in [9.17, 15) is 26.7 Å². The summed E-state index contributed by atoms with van der Waals surface area (Å²) in [7, 11) is -6.88. The first-order valence-corrected chi connectivity index (χ1v) is 14.6. The van der Waals surface area contributed by atoms with Crippen molar-refractivity contribution in [3.8, 4) is 11.1 Å². The lowest BCUT2D eigenvalue weighted by molar-refractivity contribution is -0.141. The lowest BCUT2D eigenvalue weighted by Gasteiger charge is -2.26. The van der Waals surface area contributed by atoms with Gasteiger partial charge in [0.1, 0.15) is 21.4 Å². The second kappa shape index (κ2) is 9.03. The minimum Gasteiger partial charge on any atom is -0.481 e. The number of aliphatic carboxylic acids is 1. The van der Waals surface area contributed by atoms with E-state index in [4.69, 9.17) is 0 Å². The molecule has 1 atom stereocenters. The molecule has 1 saturated heterocycles. The average Bonchev–Trinajstić information content (AvgIpc) is 3.17. The number of nitrogens with zero attached hydrogens (tertiary/aromatic N) is 1. The van der Waals surface area contributed by atoms with Gasteiger partial charge in [0, 0.05) is 23.3 Å². The fourth-order valence-corrected chi connectivity index (χ4v) is 7.33. The molecule has 4 rings (SSSR count). The van der Waals surface area contributed by atoms with Gasteiger partial charge in [0.15, 0.2) is 0 Å². The van der Waals surface area contributed by atoms with Gasteiger partial charge in [-0.05, 0) is 53.6 Å². The van der Waals surface area contributed by atoms with Crippen LogP contribution in [-0.2, 0) is 24.7 Å². The van der Waals surface area contributed by atoms with Gasteiger partial charge in [0.25, 0.3) is 0 Å². The highest BCUT2D eigenvalue weighted by Crippen LogP contribution is 2.38. The lowest BCUT2D eigenvalue weighted by Crippen LogP contribution is -2.40. The van der Waals surface area contributed by atoms with Crippen molar-refractivity contribution in [1.82, 2.24) is 14.7 Å². The lowest BCUT2D eigenvalue weighted by atomic mass is 9.79. The van der Waals surface area contributed by atoms with Gasteiger partial charge in [-0.2, -0.15) is 0 Å². The molecule has 0 saturated carbocycles. The maximum atomic E-state index is 12.8. The SMILES string of the molecule is CC(C)(C)C(C(=O)O)c1cc2c(-c3ccc(S(=O)(=O)NC4CCS(=O)(=O)CC4)cc3)ccnc2[nH]1. The number of rotatable bonds is 6. The molecule has 1 aromatic carbocycles. The van der Waals surface area contributed by atoms with Gasteiger partial charge in [0.2, 0.25) is 10.0 Å². The Balaban J connectivity index is 1.62. The molecule has 0 spiro atoms. The number of sulfonamides is 1. The first-order chi connectivity index (χ1) is 16.3. The summed E-state index contributed by atoms with van der Waals surface area (Å²) in [6.07, 6.45) is 2.14.